The Kier molecular flexibility index (Phi) is 2.62. The maximum atomic E-state index is 12.7. The number of rotatable bonds is 3. The third-order valence-corrected chi connectivity index (χ3v) is 5.71. The van der Waals surface area contributed by atoms with Gasteiger partial charge < -0.3 is 5.73 Å². The van der Waals surface area contributed by atoms with Crippen molar-refractivity contribution in [3.8, 4) is 0 Å². The van der Waals surface area contributed by atoms with Crippen molar-refractivity contribution < 1.29 is 4.79 Å². The highest BCUT2D eigenvalue weighted by Gasteiger charge is 2.52. The van der Waals surface area contributed by atoms with Crippen LogP contribution in [-0.2, 0) is 4.79 Å². The Labute approximate surface area is 104 Å². The summed E-state index contributed by atoms with van der Waals surface area (Å²) in [6, 6.07) is 0. The van der Waals surface area contributed by atoms with Crippen LogP contribution in [0.4, 0.5) is 0 Å². The van der Waals surface area contributed by atoms with E-state index in [-0.39, 0.29) is 5.41 Å². The molecule has 4 fully saturated rings. The van der Waals surface area contributed by atoms with Crippen LogP contribution in [0.25, 0.3) is 0 Å². The van der Waals surface area contributed by atoms with Gasteiger partial charge in [-0.2, -0.15) is 0 Å². The van der Waals surface area contributed by atoms with Crippen molar-refractivity contribution in [2.24, 2.45) is 40.7 Å². The normalized spacial score (nSPS) is 44.1. The molecule has 0 amide bonds. The Hall–Kier alpha value is -0.370. The molecule has 0 saturated heterocycles. The molecular weight excluding hydrogens is 210 g/mol. The molecule has 0 aromatic rings. The summed E-state index contributed by atoms with van der Waals surface area (Å²) < 4.78 is 0. The van der Waals surface area contributed by atoms with Crippen molar-refractivity contribution in [2.45, 2.75) is 46.0 Å². The third kappa shape index (κ3) is 1.76. The molecule has 96 valence electrons. The fourth-order valence-electron chi connectivity index (χ4n) is 4.91. The van der Waals surface area contributed by atoms with Crippen LogP contribution in [0, 0.1) is 35.0 Å². The minimum absolute atomic E-state index is 0.306. The Morgan fingerprint density at radius 2 is 1.53 bits per heavy atom. The summed E-state index contributed by atoms with van der Waals surface area (Å²) in [5, 5.41) is 0. The molecule has 0 aromatic carbocycles. The molecule has 0 unspecified atom stereocenters. The number of hydrogen-bond acceptors (Lipinski definition) is 2. The van der Waals surface area contributed by atoms with Crippen LogP contribution in [0.2, 0.25) is 0 Å². The molecule has 0 spiro atoms. The van der Waals surface area contributed by atoms with Crippen LogP contribution in [0.3, 0.4) is 0 Å². The van der Waals surface area contributed by atoms with E-state index in [4.69, 9.17) is 5.73 Å². The van der Waals surface area contributed by atoms with E-state index in [1.54, 1.807) is 0 Å². The van der Waals surface area contributed by atoms with Gasteiger partial charge in [-0.3, -0.25) is 4.79 Å². The second-order valence-corrected chi connectivity index (χ2v) is 7.41. The van der Waals surface area contributed by atoms with Crippen molar-refractivity contribution in [3.63, 3.8) is 0 Å². The predicted octanol–water partition coefficient (Wildman–Crippen LogP) is 2.61. The zero-order chi connectivity index (χ0) is 12.2. The van der Waals surface area contributed by atoms with E-state index >= 15 is 0 Å². The van der Waals surface area contributed by atoms with Crippen LogP contribution in [-0.4, -0.2) is 12.3 Å². The largest absolute Gasteiger partial charge is 0.329 e. The zero-order valence-electron chi connectivity index (χ0n) is 11.1. The van der Waals surface area contributed by atoms with Gasteiger partial charge in [0.25, 0.3) is 0 Å². The zero-order valence-corrected chi connectivity index (χ0v) is 11.1. The molecule has 0 aliphatic heterocycles. The van der Waals surface area contributed by atoms with Gasteiger partial charge in [-0.15, -0.1) is 0 Å². The summed E-state index contributed by atoms with van der Waals surface area (Å²) in [7, 11) is 0. The number of carbonyl (C=O) groups excluding carboxylic acids is 1. The Morgan fingerprint density at radius 1 is 1.06 bits per heavy atom. The summed E-state index contributed by atoms with van der Waals surface area (Å²) in [6.45, 7) is 4.55. The molecule has 4 rings (SSSR count). The van der Waals surface area contributed by atoms with Crippen molar-refractivity contribution >= 4 is 5.78 Å². The van der Waals surface area contributed by atoms with Gasteiger partial charge in [0.1, 0.15) is 5.78 Å². The van der Waals surface area contributed by atoms with Gasteiger partial charge in [-0.25, -0.2) is 0 Å². The summed E-state index contributed by atoms with van der Waals surface area (Å²) >= 11 is 0. The molecular formula is C15H25NO. The molecule has 4 saturated carbocycles. The lowest BCUT2D eigenvalue weighted by atomic mass is 9.50. The van der Waals surface area contributed by atoms with Crippen molar-refractivity contribution in [3.05, 3.63) is 0 Å². The molecule has 0 radical (unpaired) electrons. The van der Waals surface area contributed by atoms with E-state index in [9.17, 15) is 4.79 Å². The Balaban J connectivity index is 1.82. The van der Waals surface area contributed by atoms with Crippen LogP contribution in [0.1, 0.15) is 46.0 Å². The maximum Gasteiger partial charge on any atom is 0.143 e. The Morgan fingerprint density at radius 3 is 1.94 bits per heavy atom. The van der Waals surface area contributed by atoms with Gasteiger partial charge in [-0.1, -0.05) is 13.8 Å². The van der Waals surface area contributed by atoms with Gasteiger partial charge in [0.05, 0.1) is 0 Å². The van der Waals surface area contributed by atoms with Crippen LogP contribution in [0.15, 0.2) is 0 Å². The smallest absolute Gasteiger partial charge is 0.143 e. The lowest BCUT2D eigenvalue weighted by Crippen LogP contribution is -2.52. The Bertz CT molecular complexity index is 306. The highest BCUT2D eigenvalue weighted by Crippen LogP contribution is 2.57. The van der Waals surface area contributed by atoms with Gasteiger partial charge in [0, 0.05) is 17.9 Å². The number of nitrogens with two attached hydrogens (primary N) is 1. The molecule has 4 bridgehead atoms. The second kappa shape index (κ2) is 3.81. The summed E-state index contributed by atoms with van der Waals surface area (Å²) in [5.41, 5.74) is 5.47. The van der Waals surface area contributed by atoms with Crippen molar-refractivity contribution in [1.29, 1.82) is 0 Å². The summed E-state index contributed by atoms with van der Waals surface area (Å²) in [6.07, 6.45) is 6.75. The van der Waals surface area contributed by atoms with Crippen LogP contribution < -0.4 is 5.73 Å². The van der Waals surface area contributed by atoms with E-state index in [1.165, 1.54) is 32.1 Å². The van der Waals surface area contributed by atoms with Crippen molar-refractivity contribution in [2.75, 3.05) is 6.54 Å². The van der Waals surface area contributed by atoms with Crippen LogP contribution in [0.5, 0.6) is 0 Å². The first kappa shape index (κ1) is 11.7. The average molecular weight is 235 g/mol. The molecule has 0 heterocycles. The molecule has 0 atom stereocenters. The van der Waals surface area contributed by atoms with Crippen molar-refractivity contribution in [1.82, 2.24) is 0 Å². The number of ketones is 1. The average Bonchev–Trinajstić information content (AvgIpc) is 2.27. The van der Waals surface area contributed by atoms with E-state index < -0.39 is 0 Å². The number of Topliss-reactive ketones (excluding diaryl/α,β-unsaturated/α-hetero) is 1. The summed E-state index contributed by atoms with van der Waals surface area (Å²) in [4.78, 5) is 12.7. The predicted molar refractivity (Wildman–Crippen MR) is 68.4 cm³/mol. The molecule has 2 N–H and O–H groups in total. The van der Waals surface area contributed by atoms with E-state index in [0.717, 1.165) is 11.8 Å². The highest BCUT2D eigenvalue weighted by molar-refractivity contribution is 5.87. The SMILES string of the molecule is CC(C)(CN)C(=O)C1C2CC3CC(C2)CC1C3. The second-order valence-electron chi connectivity index (χ2n) is 7.41. The standard InChI is InChI=1S/C15H25NO/c1-15(2,8-16)14(17)13-11-4-9-3-10(6-11)7-12(13)5-9/h9-13H,3-8,16H2,1-2H3. The van der Waals surface area contributed by atoms with Crippen LogP contribution >= 0.6 is 0 Å². The first-order valence-corrected chi connectivity index (χ1v) is 7.25. The quantitative estimate of drug-likeness (QED) is 0.817. The third-order valence-electron chi connectivity index (χ3n) is 5.71. The fourth-order valence-corrected chi connectivity index (χ4v) is 4.91. The van der Waals surface area contributed by atoms with E-state index in [0.29, 0.717) is 30.1 Å². The molecule has 4 aliphatic rings. The molecule has 2 nitrogen and oxygen atoms in total. The lowest BCUT2D eigenvalue weighted by Gasteiger charge is -2.55. The minimum atomic E-state index is -0.306. The monoisotopic (exact) mass is 235 g/mol. The van der Waals surface area contributed by atoms with Gasteiger partial charge in [-0.05, 0) is 55.8 Å². The number of hydrogen-bond donors (Lipinski definition) is 1. The first-order chi connectivity index (χ1) is 8.01. The number of carbonyl (C=O) groups is 1. The molecule has 4 aliphatic carbocycles. The summed E-state index contributed by atoms with van der Waals surface area (Å²) in [5.74, 6) is 4.11. The first-order valence-electron chi connectivity index (χ1n) is 7.25. The fraction of sp³-hybridized carbons (Fsp3) is 0.933. The maximum absolute atomic E-state index is 12.7. The van der Waals surface area contributed by atoms with Gasteiger partial charge >= 0.3 is 0 Å². The van der Waals surface area contributed by atoms with Gasteiger partial charge in [0.2, 0.25) is 0 Å². The molecule has 17 heavy (non-hydrogen) atoms. The highest BCUT2D eigenvalue weighted by atomic mass is 16.1. The minimum Gasteiger partial charge on any atom is -0.329 e. The molecule has 2 heteroatoms. The topological polar surface area (TPSA) is 43.1 Å². The van der Waals surface area contributed by atoms with E-state index in [2.05, 4.69) is 0 Å². The van der Waals surface area contributed by atoms with E-state index in [1.807, 2.05) is 13.8 Å². The lowest BCUT2D eigenvalue weighted by molar-refractivity contribution is -0.144. The van der Waals surface area contributed by atoms with Gasteiger partial charge in [0.15, 0.2) is 0 Å². The molecule has 0 aromatic heterocycles.